The summed E-state index contributed by atoms with van der Waals surface area (Å²) in [5, 5.41) is 6.76. The van der Waals surface area contributed by atoms with Crippen molar-refractivity contribution >= 4 is 29.9 Å². The zero-order chi connectivity index (χ0) is 15.6. The molecule has 6 heteroatoms. The van der Waals surface area contributed by atoms with Crippen molar-refractivity contribution < 1.29 is 4.74 Å². The van der Waals surface area contributed by atoms with Gasteiger partial charge in [0.25, 0.3) is 0 Å². The number of piperidine rings is 1. The third kappa shape index (κ3) is 9.72. The van der Waals surface area contributed by atoms with Crippen LogP contribution >= 0.6 is 24.0 Å². The molecule has 2 aliphatic rings. The highest BCUT2D eigenvalue weighted by atomic mass is 127. The lowest BCUT2D eigenvalue weighted by Crippen LogP contribution is -2.43. The predicted molar refractivity (Wildman–Crippen MR) is 108 cm³/mol. The zero-order valence-corrected chi connectivity index (χ0v) is 17.2. The van der Waals surface area contributed by atoms with Gasteiger partial charge in [0.05, 0.1) is 0 Å². The number of nitrogens with zero attached hydrogens (tertiary/aromatic N) is 2. The van der Waals surface area contributed by atoms with Crippen LogP contribution in [-0.2, 0) is 4.74 Å². The van der Waals surface area contributed by atoms with Crippen LogP contribution in [0.15, 0.2) is 4.99 Å². The van der Waals surface area contributed by atoms with Crippen molar-refractivity contribution in [3.05, 3.63) is 0 Å². The number of hydrogen-bond donors (Lipinski definition) is 2. The van der Waals surface area contributed by atoms with E-state index in [9.17, 15) is 0 Å². The molecule has 0 spiro atoms. The molecule has 2 N–H and O–H groups in total. The lowest BCUT2D eigenvalue weighted by molar-refractivity contribution is 0.123. The second-order valence-electron chi connectivity index (χ2n) is 6.82. The Hall–Kier alpha value is -0.0800. The van der Waals surface area contributed by atoms with E-state index in [-0.39, 0.29) is 24.0 Å². The van der Waals surface area contributed by atoms with E-state index in [0.717, 1.165) is 57.1 Å². The summed E-state index contributed by atoms with van der Waals surface area (Å²) in [6, 6.07) is 0. The topological polar surface area (TPSA) is 48.9 Å². The Bertz CT molecular complexity index is 329. The van der Waals surface area contributed by atoms with Crippen molar-refractivity contribution in [3.8, 4) is 0 Å². The van der Waals surface area contributed by atoms with Crippen LogP contribution in [0.25, 0.3) is 0 Å². The van der Waals surface area contributed by atoms with Crippen molar-refractivity contribution in [3.63, 3.8) is 0 Å². The Kier molecular flexibility index (Phi) is 11.2. The first-order valence-electron chi connectivity index (χ1n) is 9.02. The molecule has 0 aromatic rings. The van der Waals surface area contributed by atoms with Crippen molar-refractivity contribution in [2.75, 3.05) is 53.0 Å². The Morgan fingerprint density at radius 2 is 1.83 bits per heavy atom. The summed E-state index contributed by atoms with van der Waals surface area (Å²) in [7, 11) is 1.83. The summed E-state index contributed by atoms with van der Waals surface area (Å²) in [5.41, 5.74) is 0. The first kappa shape index (κ1) is 21.0. The molecule has 0 aromatic carbocycles. The summed E-state index contributed by atoms with van der Waals surface area (Å²) >= 11 is 0. The molecule has 23 heavy (non-hydrogen) atoms. The number of nitrogens with one attached hydrogen (secondary N) is 2. The lowest BCUT2D eigenvalue weighted by atomic mass is 9.99. The summed E-state index contributed by atoms with van der Waals surface area (Å²) < 4.78 is 5.64. The van der Waals surface area contributed by atoms with Crippen LogP contribution in [0.2, 0.25) is 0 Å². The van der Waals surface area contributed by atoms with Gasteiger partial charge < -0.3 is 20.3 Å². The fourth-order valence-corrected chi connectivity index (χ4v) is 2.75. The van der Waals surface area contributed by atoms with Crippen LogP contribution < -0.4 is 10.6 Å². The summed E-state index contributed by atoms with van der Waals surface area (Å²) in [5.74, 6) is 2.67. The quantitative estimate of drug-likeness (QED) is 0.251. The molecule has 2 rings (SSSR count). The third-order valence-corrected chi connectivity index (χ3v) is 4.63. The van der Waals surface area contributed by atoms with Gasteiger partial charge in [0.1, 0.15) is 0 Å². The van der Waals surface area contributed by atoms with Gasteiger partial charge >= 0.3 is 0 Å². The molecule has 0 unspecified atom stereocenters. The molecule has 1 aliphatic heterocycles. The number of hydrogen-bond acceptors (Lipinski definition) is 3. The fourth-order valence-electron chi connectivity index (χ4n) is 2.75. The van der Waals surface area contributed by atoms with E-state index in [0.29, 0.717) is 0 Å². The van der Waals surface area contributed by atoms with E-state index in [2.05, 4.69) is 27.4 Å². The van der Waals surface area contributed by atoms with E-state index in [4.69, 9.17) is 4.74 Å². The molecule has 0 amide bonds. The Balaban J connectivity index is 0.00000264. The maximum atomic E-state index is 5.64. The number of likely N-dealkylation sites (tertiary alicyclic amines) is 1. The molecular weight excluding hydrogens is 403 g/mol. The second-order valence-corrected chi connectivity index (χ2v) is 6.82. The van der Waals surface area contributed by atoms with Crippen LogP contribution in [0.4, 0.5) is 0 Å². The highest BCUT2D eigenvalue weighted by Gasteiger charge is 2.20. The molecule has 1 saturated carbocycles. The Morgan fingerprint density at radius 3 is 2.48 bits per heavy atom. The molecular formula is C17H35IN4O. The maximum Gasteiger partial charge on any atom is 0.191 e. The van der Waals surface area contributed by atoms with Gasteiger partial charge in [-0.05, 0) is 57.0 Å². The monoisotopic (exact) mass is 438 g/mol. The number of aliphatic imine (C=N–C) groups is 1. The number of guanidine groups is 1. The first-order chi connectivity index (χ1) is 10.8. The molecule has 0 bridgehead atoms. The zero-order valence-electron chi connectivity index (χ0n) is 14.9. The van der Waals surface area contributed by atoms with Gasteiger partial charge in [0, 0.05) is 39.9 Å². The SMILES string of the molecule is CN=C(NCCCOCC1CC1)NCCN1CCC(C)CC1.I. The lowest BCUT2D eigenvalue weighted by Gasteiger charge is -2.30. The highest BCUT2D eigenvalue weighted by Crippen LogP contribution is 2.28. The van der Waals surface area contributed by atoms with Crippen molar-refractivity contribution in [1.29, 1.82) is 0 Å². The highest BCUT2D eigenvalue weighted by molar-refractivity contribution is 14.0. The number of ether oxygens (including phenoxy) is 1. The van der Waals surface area contributed by atoms with E-state index >= 15 is 0 Å². The average molecular weight is 438 g/mol. The molecule has 5 nitrogen and oxygen atoms in total. The first-order valence-corrected chi connectivity index (χ1v) is 9.02. The Labute approximate surface area is 159 Å². The summed E-state index contributed by atoms with van der Waals surface area (Å²) in [4.78, 5) is 6.82. The van der Waals surface area contributed by atoms with Gasteiger partial charge in [-0.1, -0.05) is 6.92 Å². The minimum atomic E-state index is 0. The van der Waals surface area contributed by atoms with E-state index in [1.165, 1.54) is 38.8 Å². The molecule has 1 saturated heterocycles. The minimum absolute atomic E-state index is 0. The van der Waals surface area contributed by atoms with Crippen LogP contribution in [-0.4, -0.2) is 63.8 Å². The molecule has 1 aliphatic carbocycles. The number of halogens is 1. The van der Waals surface area contributed by atoms with Gasteiger partial charge in [-0.2, -0.15) is 0 Å². The Morgan fingerprint density at radius 1 is 1.13 bits per heavy atom. The van der Waals surface area contributed by atoms with Gasteiger partial charge in [-0.3, -0.25) is 4.99 Å². The van der Waals surface area contributed by atoms with E-state index in [1.807, 2.05) is 7.05 Å². The fraction of sp³-hybridized carbons (Fsp3) is 0.941. The molecule has 0 aromatic heterocycles. The molecule has 1 heterocycles. The van der Waals surface area contributed by atoms with E-state index in [1.54, 1.807) is 0 Å². The van der Waals surface area contributed by atoms with Gasteiger partial charge in [0.15, 0.2) is 5.96 Å². The normalized spacial score (nSPS) is 20.2. The van der Waals surface area contributed by atoms with Crippen molar-refractivity contribution in [2.24, 2.45) is 16.8 Å². The molecule has 2 fully saturated rings. The minimum Gasteiger partial charge on any atom is -0.381 e. The number of rotatable bonds is 9. The second kappa shape index (κ2) is 12.3. The third-order valence-electron chi connectivity index (χ3n) is 4.63. The average Bonchev–Trinajstić information content (AvgIpc) is 3.35. The van der Waals surface area contributed by atoms with Gasteiger partial charge in [-0.15, -0.1) is 24.0 Å². The van der Waals surface area contributed by atoms with Crippen LogP contribution in [0.5, 0.6) is 0 Å². The predicted octanol–water partition coefficient (Wildman–Crippen LogP) is 2.32. The van der Waals surface area contributed by atoms with Crippen molar-refractivity contribution in [1.82, 2.24) is 15.5 Å². The molecule has 0 atom stereocenters. The molecule has 136 valence electrons. The van der Waals surface area contributed by atoms with Gasteiger partial charge in [0.2, 0.25) is 0 Å². The van der Waals surface area contributed by atoms with E-state index < -0.39 is 0 Å². The standard InChI is InChI=1S/C17H34N4O.HI/c1-15-6-10-21(11-7-15)12-9-20-17(18-2)19-8-3-13-22-14-16-4-5-16;/h15-16H,3-14H2,1-2H3,(H2,18,19,20);1H. The maximum absolute atomic E-state index is 5.64. The largest absolute Gasteiger partial charge is 0.381 e. The smallest absolute Gasteiger partial charge is 0.191 e. The molecule has 0 radical (unpaired) electrons. The van der Waals surface area contributed by atoms with Crippen LogP contribution in [0, 0.1) is 11.8 Å². The van der Waals surface area contributed by atoms with Gasteiger partial charge in [-0.25, -0.2) is 0 Å². The van der Waals surface area contributed by atoms with Crippen molar-refractivity contribution in [2.45, 2.75) is 39.0 Å². The summed E-state index contributed by atoms with van der Waals surface area (Å²) in [6.07, 6.45) is 6.45. The summed E-state index contributed by atoms with van der Waals surface area (Å²) in [6.45, 7) is 9.65. The van der Waals surface area contributed by atoms with Crippen LogP contribution in [0.3, 0.4) is 0 Å². The van der Waals surface area contributed by atoms with Crippen LogP contribution in [0.1, 0.15) is 39.0 Å².